The molecule has 0 saturated carbocycles. The molecule has 0 radical (unpaired) electrons. The molecule has 0 aromatic carbocycles. The lowest BCUT2D eigenvalue weighted by Crippen LogP contribution is -1.89. The van der Waals surface area contributed by atoms with Crippen LogP contribution in [-0.4, -0.2) is 12.0 Å². The summed E-state index contributed by atoms with van der Waals surface area (Å²) in [7, 11) is 0. The normalized spacial score (nSPS) is 8.40. The molecule has 1 aromatic rings. The van der Waals surface area contributed by atoms with Crippen molar-refractivity contribution >= 4 is 12.0 Å². The molecular weight excluding hydrogens is 134 g/mol. The highest BCUT2D eigenvalue weighted by Crippen LogP contribution is 2.00. The molecule has 10 heavy (non-hydrogen) atoms. The average molecular weight is 137 g/mol. The highest BCUT2D eigenvalue weighted by atomic mass is 16.3. The first kappa shape index (κ1) is 6.45. The monoisotopic (exact) mass is 137 g/mol. The summed E-state index contributed by atoms with van der Waals surface area (Å²) in [5, 5.41) is 0. The zero-order chi connectivity index (χ0) is 7.40. The molecule has 4 heteroatoms. The number of hydrogen-bond donors (Lipinski definition) is 0. The quantitative estimate of drug-likeness (QED) is 0.424. The fourth-order valence-electron chi connectivity index (χ4n) is 0.497. The van der Waals surface area contributed by atoms with E-state index in [-0.39, 0.29) is 5.76 Å². The molecule has 50 valence electrons. The third-order valence-corrected chi connectivity index (χ3v) is 0.879. The second-order valence-corrected chi connectivity index (χ2v) is 1.49. The predicted octanol–water partition coefficient (Wildman–Crippen LogP) is 0.756. The molecule has 0 spiro atoms. The van der Waals surface area contributed by atoms with Crippen molar-refractivity contribution in [1.29, 1.82) is 0 Å². The first-order valence-electron chi connectivity index (χ1n) is 2.50. The zero-order valence-corrected chi connectivity index (χ0v) is 4.90. The number of isocyanates is 1. The first-order valence-corrected chi connectivity index (χ1v) is 2.50. The highest BCUT2D eigenvalue weighted by molar-refractivity contribution is 5.94. The van der Waals surface area contributed by atoms with Crippen LogP contribution in [0.2, 0.25) is 0 Å². The van der Waals surface area contributed by atoms with E-state index < -0.39 is 5.91 Å². The number of rotatable bonds is 1. The van der Waals surface area contributed by atoms with E-state index in [1.165, 1.54) is 18.4 Å². The molecule has 1 rings (SSSR count). The molecular formula is C6H3NO3. The van der Waals surface area contributed by atoms with Gasteiger partial charge in [0.2, 0.25) is 6.08 Å². The third kappa shape index (κ3) is 1.18. The van der Waals surface area contributed by atoms with E-state index in [9.17, 15) is 9.59 Å². The van der Waals surface area contributed by atoms with Crippen molar-refractivity contribution in [3.8, 4) is 0 Å². The van der Waals surface area contributed by atoms with Gasteiger partial charge in [-0.15, -0.1) is 4.99 Å². The minimum absolute atomic E-state index is 0.0448. The van der Waals surface area contributed by atoms with Crippen LogP contribution >= 0.6 is 0 Å². The van der Waals surface area contributed by atoms with Crippen LogP contribution in [0.5, 0.6) is 0 Å². The summed E-state index contributed by atoms with van der Waals surface area (Å²) < 4.78 is 4.63. The van der Waals surface area contributed by atoms with Gasteiger partial charge in [0.05, 0.1) is 6.26 Å². The lowest BCUT2D eigenvalue weighted by Gasteiger charge is -1.80. The first-order chi connectivity index (χ1) is 4.84. The predicted molar refractivity (Wildman–Crippen MR) is 31.2 cm³/mol. The maximum Gasteiger partial charge on any atom is 0.323 e. The Morgan fingerprint density at radius 3 is 3.00 bits per heavy atom. The minimum Gasteiger partial charge on any atom is -0.459 e. The molecule has 1 amide bonds. The van der Waals surface area contributed by atoms with Gasteiger partial charge in [0, 0.05) is 0 Å². The Bertz CT molecular complexity index is 269. The number of aliphatic imine (C=N–C) groups is 1. The number of amides is 1. The Kier molecular flexibility index (Phi) is 1.78. The van der Waals surface area contributed by atoms with E-state index in [4.69, 9.17) is 0 Å². The molecule has 0 aliphatic heterocycles. The maximum atomic E-state index is 10.6. The lowest BCUT2D eigenvalue weighted by molar-refractivity contribution is 0.0976. The van der Waals surface area contributed by atoms with Crippen LogP contribution in [0, 0.1) is 0 Å². The van der Waals surface area contributed by atoms with Crippen LogP contribution in [0.1, 0.15) is 10.6 Å². The molecule has 1 aromatic heterocycles. The van der Waals surface area contributed by atoms with Crippen molar-refractivity contribution in [2.75, 3.05) is 0 Å². The summed E-state index contributed by atoms with van der Waals surface area (Å²) in [6, 6.07) is 2.96. The second kappa shape index (κ2) is 2.75. The van der Waals surface area contributed by atoms with E-state index in [2.05, 4.69) is 9.41 Å². The second-order valence-electron chi connectivity index (χ2n) is 1.49. The number of carbonyl (C=O) groups is 1. The van der Waals surface area contributed by atoms with Crippen molar-refractivity contribution in [1.82, 2.24) is 0 Å². The van der Waals surface area contributed by atoms with Crippen LogP contribution in [0.3, 0.4) is 0 Å². The standard InChI is InChI=1S/C6H3NO3/c8-4-7-6(9)5-2-1-3-10-5/h1-3H. The van der Waals surface area contributed by atoms with Crippen LogP contribution in [0.25, 0.3) is 0 Å². The van der Waals surface area contributed by atoms with E-state index in [1.54, 1.807) is 0 Å². The van der Waals surface area contributed by atoms with Crippen molar-refractivity contribution in [3.63, 3.8) is 0 Å². The number of furan rings is 1. The van der Waals surface area contributed by atoms with Crippen molar-refractivity contribution in [2.24, 2.45) is 4.99 Å². The largest absolute Gasteiger partial charge is 0.459 e. The van der Waals surface area contributed by atoms with E-state index in [0.29, 0.717) is 0 Å². The summed E-state index contributed by atoms with van der Waals surface area (Å²) >= 11 is 0. The van der Waals surface area contributed by atoms with Gasteiger partial charge in [-0.1, -0.05) is 0 Å². The molecule has 0 N–H and O–H groups in total. The van der Waals surface area contributed by atoms with E-state index in [1.807, 2.05) is 0 Å². The molecule has 0 unspecified atom stereocenters. The van der Waals surface area contributed by atoms with Crippen LogP contribution in [-0.2, 0) is 4.79 Å². The fourth-order valence-corrected chi connectivity index (χ4v) is 0.497. The fraction of sp³-hybridized carbons (Fsp3) is 0. The maximum absolute atomic E-state index is 10.6. The highest BCUT2D eigenvalue weighted by Gasteiger charge is 2.04. The minimum atomic E-state index is -0.708. The topological polar surface area (TPSA) is 59.6 Å². The van der Waals surface area contributed by atoms with Crippen LogP contribution in [0.4, 0.5) is 0 Å². The average Bonchev–Trinajstić information content (AvgIpc) is 2.38. The smallest absolute Gasteiger partial charge is 0.323 e. The SMILES string of the molecule is O=C=NC(=O)c1ccco1. The summed E-state index contributed by atoms with van der Waals surface area (Å²) in [5.74, 6) is -0.664. The van der Waals surface area contributed by atoms with Crippen LogP contribution in [0.15, 0.2) is 27.8 Å². The van der Waals surface area contributed by atoms with Crippen molar-refractivity contribution in [3.05, 3.63) is 24.2 Å². The van der Waals surface area contributed by atoms with Gasteiger partial charge in [0.25, 0.3) is 0 Å². The molecule has 0 aliphatic carbocycles. The Morgan fingerprint density at radius 2 is 2.50 bits per heavy atom. The molecule has 0 bridgehead atoms. The van der Waals surface area contributed by atoms with Gasteiger partial charge in [-0.3, -0.25) is 4.79 Å². The molecule has 0 fully saturated rings. The van der Waals surface area contributed by atoms with Gasteiger partial charge in [0.15, 0.2) is 5.76 Å². The van der Waals surface area contributed by atoms with Gasteiger partial charge >= 0.3 is 5.91 Å². The van der Waals surface area contributed by atoms with Gasteiger partial charge in [-0.25, -0.2) is 4.79 Å². The molecule has 1 heterocycles. The lowest BCUT2D eigenvalue weighted by atomic mass is 10.4. The summed E-state index contributed by atoms with van der Waals surface area (Å²) in [6.07, 6.45) is 2.45. The van der Waals surface area contributed by atoms with Crippen LogP contribution < -0.4 is 0 Å². The third-order valence-electron chi connectivity index (χ3n) is 0.879. The van der Waals surface area contributed by atoms with E-state index in [0.717, 1.165) is 6.08 Å². The Morgan fingerprint density at radius 1 is 1.70 bits per heavy atom. The summed E-state index contributed by atoms with van der Waals surface area (Å²) in [6.45, 7) is 0. The molecule has 4 nitrogen and oxygen atoms in total. The summed E-state index contributed by atoms with van der Waals surface area (Å²) in [4.78, 5) is 23.0. The van der Waals surface area contributed by atoms with Gasteiger partial charge in [-0.2, -0.15) is 0 Å². The number of hydrogen-bond acceptors (Lipinski definition) is 3. The van der Waals surface area contributed by atoms with E-state index >= 15 is 0 Å². The number of carbonyl (C=O) groups excluding carboxylic acids is 2. The van der Waals surface area contributed by atoms with Crippen molar-refractivity contribution in [2.45, 2.75) is 0 Å². The molecule has 0 saturated heterocycles. The van der Waals surface area contributed by atoms with Gasteiger partial charge in [-0.05, 0) is 12.1 Å². The van der Waals surface area contributed by atoms with Gasteiger partial charge < -0.3 is 4.42 Å². The molecule has 0 aliphatic rings. The number of nitrogens with zero attached hydrogens (tertiary/aromatic N) is 1. The Balaban J connectivity index is 2.87. The molecule has 0 atom stereocenters. The van der Waals surface area contributed by atoms with Crippen molar-refractivity contribution < 1.29 is 14.0 Å². The Labute approximate surface area is 56.2 Å². The summed E-state index contributed by atoms with van der Waals surface area (Å²) in [5.41, 5.74) is 0. The van der Waals surface area contributed by atoms with Gasteiger partial charge in [0.1, 0.15) is 0 Å². The zero-order valence-electron chi connectivity index (χ0n) is 4.90. The Hall–Kier alpha value is -1.67.